The lowest BCUT2D eigenvalue weighted by Crippen LogP contribution is -2.40. The Kier molecular flexibility index (Phi) is 13.7. The summed E-state index contributed by atoms with van der Waals surface area (Å²) < 4.78 is 34.6. The van der Waals surface area contributed by atoms with Gasteiger partial charge in [0.25, 0.3) is 14.1 Å². The van der Waals surface area contributed by atoms with Gasteiger partial charge in [-0.15, -0.1) is 0 Å². The van der Waals surface area contributed by atoms with E-state index in [-0.39, 0.29) is 38.3 Å². The van der Waals surface area contributed by atoms with Gasteiger partial charge in [-0.05, 0) is 68.7 Å². The number of aromatic amines is 1. The number of nitrogens with zero attached hydrogens (tertiary/aromatic N) is 3. The van der Waals surface area contributed by atoms with Gasteiger partial charge in [0.05, 0.1) is 46.5 Å². The summed E-state index contributed by atoms with van der Waals surface area (Å²) in [6.45, 7) is 8.45. The van der Waals surface area contributed by atoms with E-state index in [2.05, 4.69) is 43.4 Å². The molecule has 1 N–H and O–H groups in total. The number of ether oxygens (including phenoxy) is 3. The second kappa shape index (κ2) is 17.9. The van der Waals surface area contributed by atoms with Gasteiger partial charge >= 0.3 is 5.69 Å². The molecule has 11 nitrogen and oxygen atoms in total. The van der Waals surface area contributed by atoms with Crippen LogP contribution in [-0.2, 0) is 25.9 Å². The lowest BCUT2D eigenvalue weighted by Gasteiger charge is -2.39. The molecule has 0 radical (unpaired) electrons. The number of nitrogens with one attached hydrogen (secondary N) is 1. The number of rotatable bonds is 18. The predicted molar refractivity (Wildman–Crippen MR) is 190 cm³/mol. The molecule has 0 bridgehead atoms. The Balaban J connectivity index is 1.86. The van der Waals surface area contributed by atoms with Gasteiger partial charge in [0, 0.05) is 24.3 Å². The third-order valence-electron chi connectivity index (χ3n) is 7.86. The molecule has 1 aromatic heterocycles. The van der Waals surface area contributed by atoms with Crippen molar-refractivity contribution >= 4 is 8.53 Å². The van der Waals surface area contributed by atoms with Crippen molar-refractivity contribution in [1.82, 2.24) is 14.2 Å². The minimum atomic E-state index is -1.71. The van der Waals surface area contributed by atoms with E-state index in [0.717, 1.165) is 16.7 Å². The van der Waals surface area contributed by atoms with Crippen molar-refractivity contribution in [2.45, 2.75) is 64.4 Å². The number of hydrogen-bond acceptors (Lipinski definition) is 9. The summed E-state index contributed by atoms with van der Waals surface area (Å²) in [4.78, 5) is 27.2. The molecular formula is C37H45N4O7P. The Bertz CT molecular complexity index is 1700. The highest BCUT2D eigenvalue weighted by Gasteiger charge is 2.40. The van der Waals surface area contributed by atoms with E-state index in [9.17, 15) is 14.9 Å². The smallest absolute Gasteiger partial charge is 0.328 e. The number of hydrogen-bond donors (Lipinski definition) is 1. The predicted octanol–water partition coefficient (Wildman–Crippen LogP) is 6.22. The number of H-pyrrole nitrogens is 1. The zero-order valence-corrected chi connectivity index (χ0v) is 29.8. The van der Waals surface area contributed by atoms with Crippen LogP contribution in [0, 0.1) is 11.3 Å². The van der Waals surface area contributed by atoms with Crippen LogP contribution in [0.5, 0.6) is 11.5 Å². The van der Waals surface area contributed by atoms with Crippen LogP contribution < -0.4 is 20.7 Å². The minimum absolute atomic E-state index is 0.00297. The van der Waals surface area contributed by atoms with Crippen molar-refractivity contribution in [1.29, 1.82) is 5.26 Å². The van der Waals surface area contributed by atoms with Crippen molar-refractivity contribution in [3.05, 3.63) is 129 Å². The molecule has 3 aromatic carbocycles. The molecule has 0 aliphatic carbocycles. The van der Waals surface area contributed by atoms with Crippen LogP contribution in [0.4, 0.5) is 0 Å². The van der Waals surface area contributed by atoms with Gasteiger partial charge in [-0.25, -0.2) is 9.46 Å². The third kappa shape index (κ3) is 9.44. The molecule has 260 valence electrons. The second-order valence-corrected chi connectivity index (χ2v) is 13.3. The maximum absolute atomic E-state index is 12.9. The Labute approximate surface area is 288 Å². The van der Waals surface area contributed by atoms with Gasteiger partial charge in [-0.2, -0.15) is 5.26 Å². The molecule has 49 heavy (non-hydrogen) atoms. The lowest BCUT2D eigenvalue weighted by molar-refractivity contribution is -0.0387. The third-order valence-corrected chi connectivity index (χ3v) is 10.0. The maximum atomic E-state index is 12.9. The molecule has 2 atom stereocenters. The molecule has 12 heteroatoms. The highest BCUT2D eigenvalue weighted by Crippen LogP contribution is 2.48. The first-order chi connectivity index (χ1) is 23.6. The highest BCUT2D eigenvalue weighted by molar-refractivity contribution is 7.44. The largest absolute Gasteiger partial charge is 0.497 e. The van der Waals surface area contributed by atoms with Gasteiger partial charge in [-0.1, -0.05) is 54.6 Å². The summed E-state index contributed by atoms with van der Waals surface area (Å²) in [5.41, 5.74) is 0.331. The Morgan fingerprint density at radius 2 is 1.39 bits per heavy atom. The fourth-order valence-corrected chi connectivity index (χ4v) is 7.33. The highest BCUT2D eigenvalue weighted by atomic mass is 31.2. The maximum Gasteiger partial charge on any atom is 0.328 e. The summed E-state index contributed by atoms with van der Waals surface area (Å²) >= 11 is 0. The van der Waals surface area contributed by atoms with Crippen LogP contribution in [0.2, 0.25) is 0 Å². The monoisotopic (exact) mass is 688 g/mol. The minimum Gasteiger partial charge on any atom is -0.497 e. The zero-order valence-electron chi connectivity index (χ0n) is 28.9. The van der Waals surface area contributed by atoms with Crippen molar-refractivity contribution in [2.24, 2.45) is 0 Å². The molecule has 0 saturated heterocycles. The van der Waals surface area contributed by atoms with Crippen LogP contribution in [0.1, 0.15) is 50.8 Å². The molecule has 0 saturated carbocycles. The van der Waals surface area contributed by atoms with Crippen LogP contribution in [0.15, 0.2) is 101 Å². The Hall–Kier alpha value is -4.30. The quantitative estimate of drug-likeness (QED) is 0.0736. The zero-order chi connectivity index (χ0) is 35.4. The van der Waals surface area contributed by atoms with Crippen molar-refractivity contribution < 1.29 is 23.3 Å². The summed E-state index contributed by atoms with van der Waals surface area (Å²) in [6.07, 6.45) is 0.895. The van der Waals surface area contributed by atoms with E-state index < -0.39 is 31.5 Å². The lowest BCUT2D eigenvalue weighted by atomic mass is 9.80. The summed E-state index contributed by atoms with van der Waals surface area (Å²) in [5, 5.41) is 9.25. The van der Waals surface area contributed by atoms with E-state index in [1.54, 1.807) is 14.2 Å². The summed E-state index contributed by atoms with van der Waals surface area (Å²) in [6, 6.07) is 28.8. The second-order valence-electron chi connectivity index (χ2n) is 11.9. The van der Waals surface area contributed by atoms with Crippen LogP contribution in [-0.4, -0.2) is 59.8 Å². The molecule has 0 fully saturated rings. The Morgan fingerprint density at radius 1 is 0.837 bits per heavy atom. The summed E-state index contributed by atoms with van der Waals surface area (Å²) in [7, 11) is 1.53. The number of aromatic nitrogens is 2. The number of nitriles is 1. The van der Waals surface area contributed by atoms with E-state index in [1.807, 2.05) is 78.9 Å². The molecule has 1 heterocycles. The number of benzene rings is 3. The van der Waals surface area contributed by atoms with Crippen LogP contribution >= 0.6 is 8.53 Å². The first-order valence-electron chi connectivity index (χ1n) is 16.2. The molecule has 0 amide bonds. The van der Waals surface area contributed by atoms with E-state index >= 15 is 0 Å². The Morgan fingerprint density at radius 3 is 1.88 bits per heavy atom. The van der Waals surface area contributed by atoms with Crippen molar-refractivity contribution in [3.63, 3.8) is 0 Å². The molecular weight excluding hydrogens is 643 g/mol. The normalized spacial score (nSPS) is 13.0. The van der Waals surface area contributed by atoms with E-state index in [0.29, 0.717) is 11.5 Å². The topological polar surface area (TPSA) is 128 Å². The van der Waals surface area contributed by atoms with Crippen molar-refractivity contribution in [3.8, 4) is 17.6 Å². The van der Waals surface area contributed by atoms with Gasteiger partial charge in [0.1, 0.15) is 23.2 Å². The average molecular weight is 689 g/mol. The fraction of sp³-hybridized carbons (Fsp3) is 0.378. The van der Waals surface area contributed by atoms with E-state index in [1.165, 1.54) is 16.8 Å². The van der Waals surface area contributed by atoms with Gasteiger partial charge < -0.3 is 23.3 Å². The molecule has 4 rings (SSSR count). The van der Waals surface area contributed by atoms with Crippen LogP contribution in [0.3, 0.4) is 0 Å². The average Bonchev–Trinajstić information content (AvgIpc) is 3.10. The first-order valence-corrected chi connectivity index (χ1v) is 17.3. The molecule has 0 aliphatic rings. The SMILES string of the molecule is COc1ccc(C(OC[C@H](Cn2ccc(=O)[nH]c2=O)OP(OCCC#N)N(C(C)C)C(C)C)(c2ccccc2)c2ccc(OC)cc2)cc1. The summed E-state index contributed by atoms with van der Waals surface area (Å²) in [5.74, 6) is 1.39. The molecule has 0 aliphatic heterocycles. The van der Waals surface area contributed by atoms with Gasteiger partial charge in [-0.3, -0.25) is 14.3 Å². The molecule has 4 aromatic rings. The van der Waals surface area contributed by atoms with Crippen molar-refractivity contribution in [2.75, 3.05) is 27.4 Å². The standard InChI is InChI=1S/C37H45N4O7P/c1-27(2)41(28(3)4)49(47-24-10-22-38)48-34(25-40-23-21-35(42)39-36(40)43)26-46-37(29-11-8-7-9-12-29,30-13-17-32(44-5)18-14-30)31-15-19-33(45-6)20-16-31/h7-9,11-21,23,27-28,34H,10,24-26H2,1-6H3,(H,39,42,43)/t34-,49?/m0/s1. The number of methoxy groups -OCH3 is 2. The fourth-order valence-electron chi connectivity index (χ4n) is 5.64. The first kappa shape index (κ1) is 37.5. The molecule has 0 spiro atoms. The van der Waals surface area contributed by atoms with Gasteiger partial charge in [0.15, 0.2) is 0 Å². The molecule has 1 unspecified atom stereocenters. The van der Waals surface area contributed by atoms with Crippen LogP contribution in [0.25, 0.3) is 0 Å². The van der Waals surface area contributed by atoms with E-state index in [4.69, 9.17) is 23.3 Å². The van der Waals surface area contributed by atoms with Gasteiger partial charge in [0.2, 0.25) is 0 Å².